The summed E-state index contributed by atoms with van der Waals surface area (Å²) >= 11 is 1.32. The molecule has 0 fully saturated rings. The summed E-state index contributed by atoms with van der Waals surface area (Å²) in [6, 6.07) is 14.6. The van der Waals surface area contributed by atoms with Gasteiger partial charge in [0.2, 0.25) is 0 Å². The molecule has 8 nitrogen and oxygen atoms in total. The quantitative estimate of drug-likeness (QED) is 0.343. The lowest BCUT2D eigenvalue weighted by Gasteiger charge is -2.06. The van der Waals surface area contributed by atoms with Crippen molar-refractivity contribution in [3.63, 3.8) is 0 Å². The van der Waals surface area contributed by atoms with Crippen LogP contribution >= 0.6 is 11.8 Å². The van der Waals surface area contributed by atoms with Crippen molar-refractivity contribution in [3.05, 3.63) is 54.1 Å². The van der Waals surface area contributed by atoms with E-state index in [2.05, 4.69) is 15.5 Å². The van der Waals surface area contributed by atoms with Crippen LogP contribution in [-0.2, 0) is 16.6 Å². The summed E-state index contributed by atoms with van der Waals surface area (Å²) in [5.74, 6) is -0.820. The number of aliphatic carboxylic acids is 1. The van der Waals surface area contributed by atoms with Crippen LogP contribution in [0.4, 0.5) is 0 Å². The maximum absolute atomic E-state index is 12.0. The van der Waals surface area contributed by atoms with Crippen molar-refractivity contribution < 1.29 is 19.4 Å². The Morgan fingerprint density at radius 2 is 2.00 bits per heavy atom. The number of hydrazone groups is 1. The molecule has 3 aromatic rings. The van der Waals surface area contributed by atoms with Crippen LogP contribution in [0.3, 0.4) is 0 Å². The minimum Gasteiger partial charge on any atom is -0.481 e. The van der Waals surface area contributed by atoms with Crippen LogP contribution in [0.1, 0.15) is 5.56 Å². The first-order valence-electron chi connectivity index (χ1n) is 8.34. The number of hydrogen-bond donors (Lipinski definition) is 2. The molecule has 0 saturated heterocycles. The van der Waals surface area contributed by atoms with E-state index in [4.69, 9.17) is 9.84 Å². The van der Waals surface area contributed by atoms with Gasteiger partial charge in [0.25, 0.3) is 5.91 Å². The molecule has 0 aliphatic carbocycles. The van der Waals surface area contributed by atoms with Gasteiger partial charge in [0, 0.05) is 12.6 Å². The first-order chi connectivity index (χ1) is 13.5. The Labute approximate surface area is 165 Å². The monoisotopic (exact) mass is 398 g/mol. The van der Waals surface area contributed by atoms with Crippen molar-refractivity contribution in [2.45, 2.75) is 5.16 Å². The Bertz CT molecular complexity index is 1030. The van der Waals surface area contributed by atoms with Crippen LogP contribution in [0.15, 0.2) is 58.8 Å². The molecule has 0 saturated carbocycles. The Morgan fingerprint density at radius 1 is 1.25 bits per heavy atom. The highest BCUT2D eigenvalue weighted by Crippen LogP contribution is 2.22. The smallest absolute Gasteiger partial charge is 0.341 e. The third-order valence-corrected chi connectivity index (χ3v) is 4.77. The number of carboxylic acids is 1. The molecule has 0 aliphatic rings. The van der Waals surface area contributed by atoms with Crippen LogP contribution in [0.2, 0.25) is 0 Å². The molecule has 0 bridgehead atoms. The molecule has 28 heavy (non-hydrogen) atoms. The maximum Gasteiger partial charge on any atom is 0.341 e. The minimum absolute atomic E-state index is 0.158. The van der Waals surface area contributed by atoms with E-state index in [1.54, 1.807) is 24.3 Å². The van der Waals surface area contributed by atoms with E-state index >= 15 is 0 Å². The van der Waals surface area contributed by atoms with E-state index in [9.17, 15) is 9.59 Å². The van der Waals surface area contributed by atoms with Gasteiger partial charge in [0.05, 0.1) is 23.0 Å². The molecule has 2 aromatic carbocycles. The largest absolute Gasteiger partial charge is 0.481 e. The number of carbonyl (C=O) groups is 2. The predicted molar refractivity (Wildman–Crippen MR) is 107 cm³/mol. The van der Waals surface area contributed by atoms with Crippen LogP contribution < -0.4 is 10.2 Å². The van der Waals surface area contributed by atoms with E-state index in [1.807, 2.05) is 35.9 Å². The number of nitrogens with one attached hydrogen (secondary N) is 1. The summed E-state index contributed by atoms with van der Waals surface area (Å²) in [7, 11) is 1.90. The van der Waals surface area contributed by atoms with Gasteiger partial charge in [-0.2, -0.15) is 5.10 Å². The van der Waals surface area contributed by atoms with Crippen molar-refractivity contribution in [2.75, 3.05) is 12.4 Å². The van der Waals surface area contributed by atoms with Gasteiger partial charge < -0.3 is 14.4 Å². The molecule has 0 radical (unpaired) electrons. The topological polar surface area (TPSA) is 106 Å². The lowest BCUT2D eigenvalue weighted by molar-refractivity contribution is -0.139. The van der Waals surface area contributed by atoms with Crippen LogP contribution in [0, 0.1) is 0 Å². The second kappa shape index (κ2) is 9.05. The van der Waals surface area contributed by atoms with Crippen molar-refractivity contribution >= 4 is 40.9 Å². The molecule has 1 aromatic heterocycles. The summed E-state index contributed by atoms with van der Waals surface area (Å²) in [5.41, 5.74) is 4.89. The van der Waals surface area contributed by atoms with Crippen LogP contribution in [0.5, 0.6) is 5.75 Å². The van der Waals surface area contributed by atoms with E-state index in [-0.39, 0.29) is 11.7 Å². The fraction of sp³-hybridized carbons (Fsp3) is 0.158. The van der Waals surface area contributed by atoms with Crippen molar-refractivity contribution in [3.8, 4) is 5.75 Å². The Kier molecular flexibility index (Phi) is 6.28. The number of aromatic nitrogens is 2. The molecule has 3 rings (SSSR count). The first-order valence-corrected chi connectivity index (χ1v) is 9.33. The minimum atomic E-state index is -1.07. The summed E-state index contributed by atoms with van der Waals surface area (Å²) < 4.78 is 7.12. The number of benzene rings is 2. The predicted octanol–water partition coefficient (Wildman–Crippen LogP) is 2.28. The molecule has 0 aliphatic heterocycles. The average molecular weight is 398 g/mol. The molecule has 1 heterocycles. The highest BCUT2D eigenvalue weighted by atomic mass is 32.2. The molecule has 144 valence electrons. The highest BCUT2D eigenvalue weighted by molar-refractivity contribution is 7.99. The average Bonchev–Trinajstić information content (AvgIpc) is 3.01. The van der Waals surface area contributed by atoms with Gasteiger partial charge in [0.15, 0.2) is 11.8 Å². The van der Waals surface area contributed by atoms with Crippen molar-refractivity contribution in [1.82, 2.24) is 15.0 Å². The van der Waals surface area contributed by atoms with Gasteiger partial charge in [-0.05, 0) is 24.3 Å². The Morgan fingerprint density at radius 3 is 2.79 bits per heavy atom. The number of thioether (sulfide) groups is 1. The van der Waals surface area contributed by atoms with Crippen molar-refractivity contribution in [1.29, 1.82) is 0 Å². The second-order valence-corrected chi connectivity index (χ2v) is 6.69. The molecule has 0 spiro atoms. The number of amides is 1. The van der Waals surface area contributed by atoms with Gasteiger partial charge in [0.1, 0.15) is 5.75 Å². The van der Waals surface area contributed by atoms with Gasteiger partial charge in [-0.3, -0.25) is 4.79 Å². The lowest BCUT2D eigenvalue weighted by atomic mass is 10.2. The van der Waals surface area contributed by atoms with Gasteiger partial charge in [-0.15, -0.1) is 0 Å². The van der Waals surface area contributed by atoms with Gasteiger partial charge >= 0.3 is 5.97 Å². The SMILES string of the molecule is Cn1c(SCC(=O)N/N=C\c2ccccc2OCC(=O)O)nc2ccccc21. The fourth-order valence-electron chi connectivity index (χ4n) is 2.45. The number of ether oxygens (including phenoxy) is 1. The number of para-hydroxylation sites is 3. The molecule has 2 N–H and O–H groups in total. The van der Waals surface area contributed by atoms with Crippen molar-refractivity contribution in [2.24, 2.45) is 12.1 Å². The molecular formula is C19H18N4O4S. The van der Waals surface area contributed by atoms with E-state index in [0.29, 0.717) is 11.3 Å². The number of carboxylic acid groups (broad SMARTS) is 1. The summed E-state index contributed by atoms with van der Waals surface area (Å²) in [4.78, 5) is 27.2. The summed E-state index contributed by atoms with van der Waals surface area (Å²) in [6.45, 7) is -0.453. The molecule has 0 atom stereocenters. The first kappa shape index (κ1) is 19.4. The third-order valence-electron chi connectivity index (χ3n) is 3.74. The zero-order valence-corrected chi connectivity index (χ0v) is 15.8. The second-order valence-electron chi connectivity index (χ2n) is 5.74. The zero-order chi connectivity index (χ0) is 19.9. The Balaban J connectivity index is 1.55. The highest BCUT2D eigenvalue weighted by Gasteiger charge is 2.10. The van der Waals surface area contributed by atoms with Crippen LogP contribution in [-0.4, -0.2) is 45.1 Å². The number of aryl methyl sites for hydroxylation is 1. The number of rotatable bonds is 8. The van der Waals surface area contributed by atoms with E-state index in [1.165, 1.54) is 18.0 Å². The lowest BCUT2D eigenvalue weighted by Crippen LogP contribution is -2.20. The van der Waals surface area contributed by atoms with Gasteiger partial charge in [-0.25, -0.2) is 15.2 Å². The Hall–Kier alpha value is -3.33. The molecular weight excluding hydrogens is 380 g/mol. The number of carbonyl (C=O) groups excluding carboxylic acids is 1. The number of fused-ring (bicyclic) bond motifs is 1. The summed E-state index contributed by atoms with van der Waals surface area (Å²) in [6.07, 6.45) is 1.41. The van der Waals surface area contributed by atoms with E-state index in [0.717, 1.165) is 16.2 Å². The van der Waals surface area contributed by atoms with E-state index < -0.39 is 12.6 Å². The number of imidazole rings is 1. The maximum atomic E-state index is 12.0. The fourth-order valence-corrected chi connectivity index (χ4v) is 3.23. The summed E-state index contributed by atoms with van der Waals surface area (Å²) in [5, 5.41) is 13.4. The molecule has 1 amide bonds. The standard InChI is InChI=1S/C19H18N4O4S/c1-23-15-8-4-3-7-14(15)21-19(23)28-12-17(24)22-20-10-13-6-2-5-9-16(13)27-11-18(25)26/h2-10H,11-12H2,1H3,(H,22,24)(H,25,26)/b20-10-. The molecule has 0 unspecified atom stereocenters. The van der Waals surface area contributed by atoms with Crippen LogP contribution in [0.25, 0.3) is 11.0 Å². The van der Waals surface area contributed by atoms with Gasteiger partial charge in [-0.1, -0.05) is 36.0 Å². The zero-order valence-electron chi connectivity index (χ0n) is 15.0. The normalized spacial score (nSPS) is 11.0. The third kappa shape index (κ3) is 4.89. The molecule has 9 heteroatoms. The number of hydrogen-bond acceptors (Lipinski definition) is 6. The number of nitrogens with zero attached hydrogens (tertiary/aromatic N) is 3.